The highest BCUT2D eigenvalue weighted by Crippen LogP contribution is 2.27. The molecule has 21 heavy (non-hydrogen) atoms. The smallest absolute Gasteiger partial charge is 0.0344 e. The van der Waals surface area contributed by atoms with Crippen LogP contribution in [-0.4, -0.2) is 54.1 Å². The van der Waals surface area contributed by atoms with E-state index in [9.17, 15) is 0 Å². The number of nitrogens with two attached hydrogens (primary N) is 1. The van der Waals surface area contributed by atoms with Crippen molar-refractivity contribution in [2.24, 2.45) is 5.73 Å². The second kappa shape index (κ2) is 6.47. The molecule has 0 amide bonds. The lowest BCUT2D eigenvalue weighted by atomic mass is 9.90. The Morgan fingerprint density at radius 3 is 2.67 bits per heavy atom. The van der Waals surface area contributed by atoms with Crippen LogP contribution >= 0.6 is 0 Å². The molecular formula is C18H29N3. The van der Waals surface area contributed by atoms with Gasteiger partial charge in [-0.3, -0.25) is 9.80 Å². The van der Waals surface area contributed by atoms with Crippen LogP contribution in [0.15, 0.2) is 30.3 Å². The minimum Gasteiger partial charge on any atom is -0.329 e. The summed E-state index contributed by atoms with van der Waals surface area (Å²) in [6.07, 6.45) is 5.07. The third-order valence-corrected chi connectivity index (χ3v) is 5.43. The summed E-state index contributed by atoms with van der Waals surface area (Å²) in [6.45, 7) is 8.04. The first-order chi connectivity index (χ1) is 10.2. The van der Waals surface area contributed by atoms with E-state index in [4.69, 9.17) is 5.73 Å². The highest BCUT2D eigenvalue weighted by molar-refractivity contribution is 5.18. The van der Waals surface area contributed by atoms with E-state index in [-0.39, 0.29) is 5.54 Å². The Labute approximate surface area is 129 Å². The third kappa shape index (κ3) is 3.31. The summed E-state index contributed by atoms with van der Waals surface area (Å²) in [4.78, 5) is 5.37. The second-order valence-electron chi connectivity index (χ2n) is 7.00. The maximum atomic E-state index is 6.22. The highest BCUT2D eigenvalue weighted by atomic mass is 15.3. The third-order valence-electron chi connectivity index (χ3n) is 5.43. The van der Waals surface area contributed by atoms with Crippen molar-refractivity contribution in [3.63, 3.8) is 0 Å². The van der Waals surface area contributed by atoms with Crippen molar-refractivity contribution in [2.75, 3.05) is 32.7 Å². The van der Waals surface area contributed by atoms with E-state index >= 15 is 0 Å². The summed E-state index contributed by atoms with van der Waals surface area (Å²) in [5.74, 6) is 0. The zero-order valence-corrected chi connectivity index (χ0v) is 13.3. The molecule has 116 valence electrons. The Morgan fingerprint density at radius 1 is 1.14 bits per heavy atom. The standard InChI is InChI=1S/C18H29N3/c1-18(15-19,13-16-7-3-2-4-8-16)21-12-6-11-20-10-5-9-17(20)14-21/h2-4,7-8,17H,5-6,9-15,19H2,1H3. The first kappa shape index (κ1) is 15.0. The molecule has 2 heterocycles. The van der Waals surface area contributed by atoms with Crippen molar-refractivity contribution in [1.82, 2.24) is 9.80 Å². The van der Waals surface area contributed by atoms with Crippen molar-refractivity contribution in [1.29, 1.82) is 0 Å². The van der Waals surface area contributed by atoms with Gasteiger partial charge < -0.3 is 5.73 Å². The lowest BCUT2D eigenvalue weighted by Gasteiger charge is -2.41. The molecule has 2 fully saturated rings. The van der Waals surface area contributed by atoms with Gasteiger partial charge in [-0.15, -0.1) is 0 Å². The molecule has 2 aliphatic heterocycles. The van der Waals surface area contributed by atoms with Gasteiger partial charge in [-0.25, -0.2) is 0 Å². The summed E-state index contributed by atoms with van der Waals surface area (Å²) < 4.78 is 0. The van der Waals surface area contributed by atoms with Crippen molar-refractivity contribution in [3.05, 3.63) is 35.9 Å². The lowest BCUT2D eigenvalue weighted by Crippen LogP contribution is -2.55. The van der Waals surface area contributed by atoms with E-state index in [1.165, 1.54) is 51.0 Å². The molecule has 0 aliphatic carbocycles. The number of benzene rings is 1. The number of hydrogen-bond acceptors (Lipinski definition) is 3. The normalized spacial score (nSPS) is 27.0. The summed E-state index contributed by atoms with van der Waals surface area (Å²) in [6, 6.07) is 11.6. The fourth-order valence-electron chi connectivity index (χ4n) is 4.05. The molecule has 3 heteroatoms. The Balaban J connectivity index is 1.74. The summed E-state index contributed by atoms with van der Waals surface area (Å²) in [7, 11) is 0. The van der Waals surface area contributed by atoms with Gasteiger partial charge in [-0.2, -0.15) is 0 Å². The van der Waals surface area contributed by atoms with E-state index in [1.54, 1.807) is 0 Å². The number of hydrogen-bond donors (Lipinski definition) is 1. The molecule has 0 spiro atoms. The Kier molecular flexibility index (Phi) is 4.63. The molecule has 0 radical (unpaired) electrons. The van der Waals surface area contributed by atoms with Gasteiger partial charge >= 0.3 is 0 Å². The second-order valence-corrected chi connectivity index (χ2v) is 7.00. The predicted molar refractivity (Wildman–Crippen MR) is 88.4 cm³/mol. The van der Waals surface area contributed by atoms with Crippen LogP contribution < -0.4 is 5.73 Å². The number of fused-ring (bicyclic) bond motifs is 1. The Bertz CT molecular complexity index is 447. The highest BCUT2D eigenvalue weighted by Gasteiger charge is 2.36. The van der Waals surface area contributed by atoms with E-state index in [0.29, 0.717) is 0 Å². The van der Waals surface area contributed by atoms with Crippen molar-refractivity contribution < 1.29 is 0 Å². The average Bonchev–Trinajstić information content (AvgIpc) is 2.85. The fourth-order valence-corrected chi connectivity index (χ4v) is 4.05. The fraction of sp³-hybridized carbons (Fsp3) is 0.667. The van der Waals surface area contributed by atoms with Gasteiger partial charge in [-0.1, -0.05) is 30.3 Å². The maximum Gasteiger partial charge on any atom is 0.0344 e. The molecule has 2 atom stereocenters. The topological polar surface area (TPSA) is 32.5 Å². The van der Waals surface area contributed by atoms with E-state index in [0.717, 1.165) is 19.0 Å². The zero-order valence-electron chi connectivity index (χ0n) is 13.3. The molecular weight excluding hydrogens is 258 g/mol. The van der Waals surface area contributed by atoms with E-state index in [1.807, 2.05) is 0 Å². The number of nitrogens with zero attached hydrogens (tertiary/aromatic N) is 2. The summed E-state index contributed by atoms with van der Waals surface area (Å²) >= 11 is 0. The van der Waals surface area contributed by atoms with Crippen LogP contribution in [0.1, 0.15) is 31.7 Å². The quantitative estimate of drug-likeness (QED) is 0.920. The van der Waals surface area contributed by atoms with Crippen LogP contribution in [0.5, 0.6) is 0 Å². The van der Waals surface area contributed by atoms with Gasteiger partial charge in [0.25, 0.3) is 0 Å². The molecule has 2 saturated heterocycles. The molecule has 0 saturated carbocycles. The van der Waals surface area contributed by atoms with Gasteiger partial charge in [0.05, 0.1) is 0 Å². The average molecular weight is 287 g/mol. The first-order valence-electron chi connectivity index (χ1n) is 8.44. The van der Waals surface area contributed by atoms with Crippen LogP contribution in [0.3, 0.4) is 0 Å². The molecule has 3 nitrogen and oxygen atoms in total. The van der Waals surface area contributed by atoms with Gasteiger partial charge in [0.2, 0.25) is 0 Å². The molecule has 2 unspecified atom stereocenters. The first-order valence-corrected chi connectivity index (χ1v) is 8.44. The monoisotopic (exact) mass is 287 g/mol. The van der Waals surface area contributed by atoms with Gasteiger partial charge in [0.15, 0.2) is 0 Å². The zero-order chi connectivity index (χ0) is 14.7. The molecule has 0 bridgehead atoms. The predicted octanol–water partition coefficient (Wildman–Crippen LogP) is 2.12. The minimum atomic E-state index is 0.0833. The SMILES string of the molecule is CC(CN)(Cc1ccccc1)N1CCCN2CCCC2C1. The Hall–Kier alpha value is -0.900. The van der Waals surface area contributed by atoms with Crippen molar-refractivity contribution in [3.8, 4) is 0 Å². The molecule has 2 N–H and O–H groups in total. The van der Waals surface area contributed by atoms with E-state index < -0.39 is 0 Å². The molecule has 0 aromatic heterocycles. The van der Waals surface area contributed by atoms with Crippen LogP contribution in [0.4, 0.5) is 0 Å². The van der Waals surface area contributed by atoms with Gasteiger partial charge in [-0.05, 0) is 51.3 Å². The Morgan fingerprint density at radius 2 is 1.90 bits per heavy atom. The molecule has 3 rings (SSSR count). The largest absolute Gasteiger partial charge is 0.329 e. The molecule has 1 aromatic rings. The number of rotatable bonds is 4. The van der Waals surface area contributed by atoms with Gasteiger partial charge in [0.1, 0.15) is 0 Å². The van der Waals surface area contributed by atoms with E-state index in [2.05, 4.69) is 47.1 Å². The van der Waals surface area contributed by atoms with Crippen molar-refractivity contribution >= 4 is 0 Å². The van der Waals surface area contributed by atoms with Gasteiger partial charge in [0, 0.05) is 31.2 Å². The van der Waals surface area contributed by atoms with Crippen LogP contribution in [-0.2, 0) is 6.42 Å². The maximum absolute atomic E-state index is 6.22. The molecule has 1 aromatic carbocycles. The molecule has 2 aliphatic rings. The van der Waals surface area contributed by atoms with Crippen LogP contribution in [0.25, 0.3) is 0 Å². The minimum absolute atomic E-state index is 0.0833. The van der Waals surface area contributed by atoms with Crippen molar-refractivity contribution in [2.45, 2.75) is 44.2 Å². The summed E-state index contributed by atoms with van der Waals surface area (Å²) in [5.41, 5.74) is 7.70. The van der Waals surface area contributed by atoms with Crippen LogP contribution in [0.2, 0.25) is 0 Å². The summed E-state index contributed by atoms with van der Waals surface area (Å²) in [5, 5.41) is 0. The van der Waals surface area contributed by atoms with Crippen LogP contribution in [0, 0.1) is 0 Å². The lowest BCUT2D eigenvalue weighted by molar-refractivity contribution is 0.0992.